The van der Waals surface area contributed by atoms with Crippen LogP contribution >= 0.6 is 22.6 Å². The molecule has 0 saturated heterocycles. The van der Waals surface area contributed by atoms with E-state index in [1.807, 2.05) is 42.7 Å². The summed E-state index contributed by atoms with van der Waals surface area (Å²) in [6, 6.07) is 9.68. The van der Waals surface area contributed by atoms with Crippen molar-refractivity contribution in [2.75, 3.05) is 5.73 Å². The first-order valence-electron chi connectivity index (χ1n) is 6.36. The Balaban J connectivity index is 2.07. The minimum Gasteiger partial charge on any atom is -0.456 e. The van der Waals surface area contributed by atoms with Gasteiger partial charge in [-0.1, -0.05) is 12.1 Å². The van der Waals surface area contributed by atoms with Crippen molar-refractivity contribution in [3.8, 4) is 0 Å². The summed E-state index contributed by atoms with van der Waals surface area (Å²) >= 11 is 2.24. The Bertz CT molecular complexity index is 603. The summed E-state index contributed by atoms with van der Waals surface area (Å²) in [5, 5.41) is 0. The number of nitrogen functional groups attached to an aromatic ring is 1. The van der Waals surface area contributed by atoms with E-state index in [1.54, 1.807) is 12.3 Å². The zero-order chi connectivity index (χ0) is 14.7. The fourth-order valence-electron chi connectivity index (χ4n) is 1.89. The lowest BCUT2D eigenvalue weighted by molar-refractivity contribution is 0.0458. The molecule has 106 valence electrons. The van der Waals surface area contributed by atoms with Crippen molar-refractivity contribution in [2.45, 2.75) is 26.5 Å². The van der Waals surface area contributed by atoms with Gasteiger partial charge >= 0.3 is 5.97 Å². The highest BCUT2D eigenvalue weighted by atomic mass is 127. The molecule has 2 N–H and O–H groups in total. The predicted octanol–water partition coefficient (Wildman–Crippen LogP) is 3.61. The highest BCUT2D eigenvalue weighted by molar-refractivity contribution is 14.1. The van der Waals surface area contributed by atoms with Gasteiger partial charge in [0.25, 0.3) is 0 Å². The quantitative estimate of drug-likeness (QED) is 0.647. The molecule has 0 saturated carbocycles. The molecule has 0 aliphatic rings. The molecule has 20 heavy (non-hydrogen) atoms. The summed E-state index contributed by atoms with van der Waals surface area (Å²) in [7, 11) is 0. The second-order valence-electron chi connectivity index (χ2n) is 4.86. The Kier molecular flexibility index (Phi) is 4.69. The number of hydrogen-bond donors (Lipinski definition) is 1. The Morgan fingerprint density at radius 2 is 2.00 bits per heavy atom. The third-order valence-electron chi connectivity index (χ3n) is 2.92. The molecule has 4 nitrogen and oxygen atoms in total. The molecule has 0 bridgehead atoms. The maximum atomic E-state index is 12.1. The molecule has 2 aromatic rings. The highest BCUT2D eigenvalue weighted by Crippen LogP contribution is 2.18. The van der Waals surface area contributed by atoms with Gasteiger partial charge in [-0.05, 0) is 60.2 Å². The van der Waals surface area contributed by atoms with E-state index >= 15 is 0 Å². The van der Waals surface area contributed by atoms with Crippen molar-refractivity contribution in [1.82, 2.24) is 4.57 Å². The molecular weight excluding hydrogens is 367 g/mol. The molecule has 0 atom stereocenters. The normalized spacial score (nSPS) is 10.8. The molecular formula is C15H17IN2O2. The number of ether oxygens (including phenoxy) is 1. The van der Waals surface area contributed by atoms with Crippen LogP contribution in [0, 0.1) is 3.57 Å². The van der Waals surface area contributed by atoms with Crippen molar-refractivity contribution in [3.63, 3.8) is 0 Å². The van der Waals surface area contributed by atoms with E-state index in [4.69, 9.17) is 10.5 Å². The van der Waals surface area contributed by atoms with Gasteiger partial charge in [-0.15, -0.1) is 0 Å². The van der Waals surface area contributed by atoms with Crippen molar-refractivity contribution in [3.05, 3.63) is 51.4 Å². The van der Waals surface area contributed by atoms with Crippen molar-refractivity contribution < 1.29 is 9.53 Å². The number of esters is 1. The molecule has 1 heterocycles. The van der Waals surface area contributed by atoms with Crippen LogP contribution < -0.4 is 5.73 Å². The lowest BCUT2D eigenvalue weighted by Gasteiger charge is -2.12. The van der Waals surface area contributed by atoms with Crippen LogP contribution in [0.3, 0.4) is 0 Å². The summed E-state index contributed by atoms with van der Waals surface area (Å²) in [4.78, 5) is 12.1. The highest BCUT2D eigenvalue weighted by Gasteiger charge is 2.16. The van der Waals surface area contributed by atoms with Gasteiger partial charge in [0.1, 0.15) is 12.3 Å². The summed E-state index contributed by atoms with van der Waals surface area (Å²) in [6.07, 6.45) is 1.76. The van der Waals surface area contributed by atoms with E-state index in [0.29, 0.717) is 11.4 Å². The maximum Gasteiger partial charge on any atom is 0.355 e. The van der Waals surface area contributed by atoms with Crippen LogP contribution in [0.15, 0.2) is 36.5 Å². The van der Waals surface area contributed by atoms with E-state index in [1.165, 1.54) is 0 Å². The number of carbonyl (C=O) groups excluding carboxylic acids is 1. The molecule has 1 aromatic carbocycles. The van der Waals surface area contributed by atoms with E-state index in [9.17, 15) is 4.79 Å². The maximum absolute atomic E-state index is 12.1. The Hall–Kier alpha value is -1.50. The van der Waals surface area contributed by atoms with Gasteiger partial charge in [-0.25, -0.2) is 4.79 Å². The van der Waals surface area contributed by atoms with Gasteiger partial charge in [0.15, 0.2) is 0 Å². The van der Waals surface area contributed by atoms with Gasteiger partial charge in [0, 0.05) is 15.8 Å². The Morgan fingerprint density at radius 1 is 1.35 bits per heavy atom. The summed E-state index contributed by atoms with van der Waals surface area (Å²) < 4.78 is 8.32. The second kappa shape index (κ2) is 6.30. The number of nitrogens with zero attached hydrogens (tertiary/aromatic N) is 1. The number of benzene rings is 1. The van der Waals surface area contributed by atoms with Crippen LogP contribution in [0.1, 0.15) is 35.9 Å². The number of carbonyl (C=O) groups is 1. The van der Waals surface area contributed by atoms with Crippen LogP contribution in [0.4, 0.5) is 5.69 Å². The zero-order valence-electron chi connectivity index (χ0n) is 11.5. The number of anilines is 1. The molecule has 0 aliphatic carbocycles. The molecule has 0 aliphatic heterocycles. The number of rotatable bonds is 4. The van der Waals surface area contributed by atoms with Crippen LogP contribution in [0.25, 0.3) is 0 Å². The van der Waals surface area contributed by atoms with E-state index in [-0.39, 0.29) is 18.6 Å². The standard InChI is InChI=1S/C15H17IN2O2/c1-10(2)18-8-13(17)7-14(18)15(19)20-9-11-3-5-12(16)6-4-11/h3-8,10H,9,17H2,1-2H3. The molecule has 0 fully saturated rings. The van der Waals surface area contributed by atoms with Crippen LogP contribution in [0.2, 0.25) is 0 Å². The van der Waals surface area contributed by atoms with E-state index in [0.717, 1.165) is 9.13 Å². The molecule has 1 aromatic heterocycles. The third kappa shape index (κ3) is 3.53. The van der Waals surface area contributed by atoms with E-state index in [2.05, 4.69) is 22.6 Å². The largest absolute Gasteiger partial charge is 0.456 e. The van der Waals surface area contributed by atoms with Crippen molar-refractivity contribution in [1.29, 1.82) is 0 Å². The van der Waals surface area contributed by atoms with Gasteiger partial charge in [0.2, 0.25) is 0 Å². The molecule has 0 radical (unpaired) electrons. The average Bonchev–Trinajstić information content (AvgIpc) is 2.80. The van der Waals surface area contributed by atoms with Crippen LogP contribution in [-0.4, -0.2) is 10.5 Å². The topological polar surface area (TPSA) is 57.2 Å². The van der Waals surface area contributed by atoms with Gasteiger partial charge < -0.3 is 15.0 Å². The number of halogens is 1. The van der Waals surface area contributed by atoms with E-state index < -0.39 is 0 Å². The van der Waals surface area contributed by atoms with Crippen LogP contribution in [-0.2, 0) is 11.3 Å². The first-order valence-corrected chi connectivity index (χ1v) is 7.44. The van der Waals surface area contributed by atoms with Crippen molar-refractivity contribution in [2.24, 2.45) is 0 Å². The summed E-state index contributed by atoms with van der Waals surface area (Å²) in [5.74, 6) is -0.353. The number of hydrogen-bond acceptors (Lipinski definition) is 3. The minimum absolute atomic E-state index is 0.160. The number of nitrogens with two attached hydrogens (primary N) is 1. The Labute approximate surface area is 132 Å². The second-order valence-corrected chi connectivity index (χ2v) is 6.11. The van der Waals surface area contributed by atoms with Gasteiger partial charge in [-0.3, -0.25) is 0 Å². The predicted molar refractivity (Wildman–Crippen MR) is 87.5 cm³/mol. The van der Waals surface area contributed by atoms with Crippen molar-refractivity contribution >= 4 is 34.2 Å². The molecule has 0 unspecified atom stereocenters. The summed E-state index contributed by atoms with van der Waals surface area (Å²) in [5.41, 5.74) is 7.77. The van der Waals surface area contributed by atoms with Gasteiger partial charge in [0.05, 0.1) is 5.69 Å². The summed E-state index contributed by atoms with van der Waals surface area (Å²) in [6.45, 7) is 4.25. The van der Waals surface area contributed by atoms with Gasteiger partial charge in [-0.2, -0.15) is 0 Å². The smallest absolute Gasteiger partial charge is 0.355 e. The first-order chi connectivity index (χ1) is 9.47. The molecule has 2 rings (SSSR count). The SMILES string of the molecule is CC(C)n1cc(N)cc1C(=O)OCc1ccc(I)cc1. The number of aromatic nitrogens is 1. The molecule has 0 spiro atoms. The minimum atomic E-state index is -0.353. The molecule has 5 heteroatoms. The fourth-order valence-corrected chi connectivity index (χ4v) is 2.25. The monoisotopic (exact) mass is 384 g/mol. The first kappa shape index (κ1) is 14.9. The Morgan fingerprint density at radius 3 is 2.60 bits per heavy atom. The van der Waals surface area contributed by atoms with Crippen LogP contribution in [0.5, 0.6) is 0 Å². The third-order valence-corrected chi connectivity index (χ3v) is 3.64. The zero-order valence-corrected chi connectivity index (χ0v) is 13.6. The fraction of sp³-hybridized carbons (Fsp3) is 0.267. The lowest BCUT2D eigenvalue weighted by atomic mass is 10.2. The lowest BCUT2D eigenvalue weighted by Crippen LogP contribution is -2.13. The average molecular weight is 384 g/mol. The molecule has 0 amide bonds.